The highest BCUT2D eigenvalue weighted by atomic mass is 14.9. The number of hydrogen-bond donors (Lipinski definition) is 0. The van der Waals surface area contributed by atoms with Gasteiger partial charge in [0.2, 0.25) is 0 Å². The van der Waals surface area contributed by atoms with E-state index in [1.54, 1.807) is 6.20 Å². The Labute approximate surface area is 83.0 Å². The van der Waals surface area contributed by atoms with Gasteiger partial charge in [0.15, 0.2) is 5.82 Å². The van der Waals surface area contributed by atoms with Crippen LogP contribution in [0.4, 0.5) is 5.82 Å². The fourth-order valence-electron chi connectivity index (χ4n) is 1.11. The van der Waals surface area contributed by atoms with Gasteiger partial charge in [-0.15, -0.1) is 0 Å². The van der Waals surface area contributed by atoms with Crippen molar-refractivity contribution in [1.82, 2.24) is 4.98 Å². The molecule has 0 atom stereocenters. The van der Waals surface area contributed by atoms with E-state index in [4.69, 9.17) is 0 Å². The number of benzene rings is 1. The van der Waals surface area contributed by atoms with E-state index in [2.05, 4.69) is 9.98 Å². The summed E-state index contributed by atoms with van der Waals surface area (Å²) in [5.41, 5.74) is 1.08. The number of hydrogen-bond acceptors (Lipinski definition) is 2. The Morgan fingerprint density at radius 3 is 2.43 bits per heavy atom. The topological polar surface area (TPSA) is 25.2 Å². The molecule has 0 aliphatic rings. The van der Waals surface area contributed by atoms with Gasteiger partial charge < -0.3 is 0 Å². The molecule has 14 heavy (non-hydrogen) atoms. The van der Waals surface area contributed by atoms with Crippen molar-refractivity contribution in [1.29, 1.82) is 0 Å². The maximum Gasteiger partial charge on any atom is 0.151 e. The van der Waals surface area contributed by atoms with Gasteiger partial charge in [0.25, 0.3) is 0 Å². The number of rotatable bonds is 2. The molecule has 0 unspecified atom stereocenters. The van der Waals surface area contributed by atoms with Crippen LogP contribution in [0.3, 0.4) is 0 Å². The maximum atomic E-state index is 4.24. The zero-order valence-corrected chi connectivity index (χ0v) is 7.67. The number of aromatic nitrogens is 1. The van der Waals surface area contributed by atoms with Crippen molar-refractivity contribution in [2.75, 3.05) is 0 Å². The van der Waals surface area contributed by atoms with Crippen LogP contribution in [0.15, 0.2) is 59.7 Å². The van der Waals surface area contributed by atoms with Gasteiger partial charge in [-0.05, 0) is 17.7 Å². The van der Waals surface area contributed by atoms with E-state index in [9.17, 15) is 0 Å². The van der Waals surface area contributed by atoms with Gasteiger partial charge in [0.1, 0.15) is 0 Å². The molecular weight excluding hydrogens is 172 g/mol. The Bertz CT molecular complexity index is 365. The van der Waals surface area contributed by atoms with E-state index < -0.39 is 0 Å². The number of pyridine rings is 1. The van der Waals surface area contributed by atoms with Crippen LogP contribution in [0, 0.1) is 0 Å². The average molecular weight is 182 g/mol. The van der Waals surface area contributed by atoms with Crippen molar-refractivity contribution in [2.24, 2.45) is 4.99 Å². The second kappa shape index (κ2) is 4.33. The van der Waals surface area contributed by atoms with Gasteiger partial charge >= 0.3 is 0 Å². The lowest BCUT2D eigenvalue weighted by Gasteiger charge is -1.91. The molecule has 0 N–H and O–H groups in total. The van der Waals surface area contributed by atoms with Crippen LogP contribution >= 0.6 is 0 Å². The van der Waals surface area contributed by atoms with Crippen LogP contribution in [-0.4, -0.2) is 11.2 Å². The summed E-state index contributed by atoms with van der Waals surface area (Å²) in [4.78, 5) is 8.34. The minimum atomic E-state index is 0.733. The van der Waals surface area contributed by atoms with Gasteiger partial charge in [-0.1, -0.05) is 36.4 Å². The molecule has 2 rings (SSSR count). The Hall–Kier alpha value is -1.96. The SMILES string of the molecule is C(=N\c1ccccn1)/c1ccccc1. The zero-order chi connectivity index (χ0) is 9.64. The monoisotopic (exact) mass is 182 g/mol. The first-order chi connectivity index (χ1) is 6.95. The molecule has 1 heterocycles. The predicted molar refractivity (Wildman–Crippen MR) is 57.9 cm³/mol. The molecule has 0 fully saturated rings. The molecule has 2 heteroatoms. The minimum Gasteiger partial charge on any atom is -0.237 e. The molecule has 0 aliphatic carbocycles. The molecule has 0 amide bonds. The molecule has 0 bridgehead atoms. The van der Waals surface area contributed by atoms with Gasteiger partial charge in [-0.3, -0.25) is 0 Å². The molecule has 0 saturated heterocycles. The van der Waals surface area contributed by atoms with E-state index >= 15 is 0 Å². The Kier molecular flexibility index (Phi) is 2.67. The van der Waals surface area contributed by atoms with Gasteiger partial charge in [-0.25, -0.2) is 9.98 Å². The molecule has 0 spiro atoms. The Balaban J connectivity index is 2.16. The number of nitrogens with zero attached hydrogens (tertiary/aromatic N) is 2. The molecule has 1 aromatic carbocycles. The van der Waals surface area contributed by atoms with Crippen LogP contribution in [0.1, 0.15) is 5.56 Å². The van der Waals surface area contributed by atoms with Crippen molar-refractivity contribution in [2.45, 2.75) is 0 Å². The minimum absolute atomic E-state index is 0.733. The fraction of sp³-hybridized carbons (Fsp3) is 0. The normalized spacial score (nSPS) is 10.6. The third-order valence-electron chi connectivity index (χ3n) is 1.79. The maximum absolute atomic E-state index is 4.24. The molecule has 0 aliphatic heterocycles. The van der Waals surface area contributed by atoms with Crippen LogP contribution < -0.4 is 0 Å². The first-order valence-corrected chi connectivity index (χ1v) is 4.45. The summed E-state index contributed by atoms with van der Waals surface area (Å²) in [5.74, 6) is 0.733. The second-order valence-electron chi connectivity index (χ2n) is 2.86. The van der Waals surface area contributed by atoms with Crippen molar-refractivity contribution in [3.63, 3.8) is 0 Å². The van der Waals surface area contributed by atoms with Crippen LogP contribution in [-0.2, 0) is 0 Å². The molecule has 0 radical (unpaired) electrons. The summed E-state index contributed by atoms with van der Waals surface area (Å²) < 4.78 is 0. The quantitative estimate of drug-likeness (QED) is 0.655. The first-order valence-electron chi connectivity index (χ1n) is 4.45. The summed E-state index contributed by atoms with van der Waals surface area (Å²) in [6, 6.07) is 15.6. The summed E-state index contributed by atoms with van der Waals surface area (Å²) in [5, 5.41) is 0. The zero-order valence-electron chi connectivity index (χ0n) is 7.67. The highest BCUT2D eigenvalue weighted by molar-refractivity contribution is 5.81. The predicted octanol–water partition coefficient (Wildman–Crippen LogP) is 2.83. The van der Waals surface area contributed by atoms with Crippen molar-refractivity contribution in [3.8, 4) is 0 Å². The largest absolute Gasteiger partial charge is 0.237 e. The number of aliphatic imine (C=N–C) groups is 1. The van der Waals surface area contributed by atoms with Crippen molar-refractivity contribution >= 4 is 12.0 Å². The Morgan fingerprint density at radius 2 is 1.71 bits per heavy atom. The summed E-state index contributed by atoms with van der Waals surface area (Å²) >= 11 is 0. The molecule has 1 aromatic heterocycles. The third kappa shape index (κ3) is 2.26. The Morgan fingerprint density at radius 1 is 0.929 bits per heavy atom. The van der Waals surface area contributed by atoms with E-state index in [1.165, 1.54) is 0 Å². The van der Waals surface area contributed by atoms with Gasteiger partial charge in [0, 0.05) is 12.4 Å². The van der Waals surface area contributed by atoms with Crippen LogP contribution in [0.5, 0.6) is 0 Å². The molecule has 68 valence electrons. The van der Waals surface area contributed by atoms with Gasteiger partial charge in [-0.2, -0.15) is 0 Å². The lowest BCUT2D eigenvalue weighted by molar-refractivity contribution is 1.28. The molecule has 2 aromatic rings. The summed E-state index contributed by atoms with van der Waals surface area (Å²) in [6.07, 6.45) is 3.54. The van der Waals surface area contributed by atoms with E-state index in [1.807, 2.05) is 54.7 Å². The highest BCUT2D eigenvalue weighted by Gasteiger charge is 1.86. The average Bonchev–Trinajstić information content (AvgIpc) is 2.29. The lowest BCUT2D eigenvalue weighted by Crippen LogP contribution is -1.78. The third-order valence-corrected chi connectivity index (χ3v) is 1.79. The first kappa shape index (κ1) is 8.63. The van der Waals surface area contributed by atoms with Crippen LogP contribution in [0.25, 0.3) is 0 Å². The van der Waals surface area contributed by atoms with E-state index in [0.717, 1.165) is 11.4 Å². The van der Waals surface area contributed by atoms with E-state index in [-0.39, 0.29) is 0 Å². The molecule has 2 nitrogen and oxygen atoms in total. The second-order valence-corrected chi connectivity index (χ2v) is 2.86. The molecular formula is C12H10N2. The summed E-state index contributed by atoms with van der Waals surface area (Å²) in [6.45, 7) is 0. The standard InChI is InChI=1S/C12H10N2/c1-2-6-11(7-3-1)10-14-12-8-4-5-9-13-12/h1-10H/b14-10+. The van der Waals surface area contributed by atoms with Crippen molar-refractivity contribution in [3.05, 3.63) is 60.3 Å². The van der Waals surface area contributed by atoms with Gasteiger partial charge in [0.05, 0.1) is 0 Å². The smallest absolute Gasteiger partial charge is 0.151 e. The van der Waals surface area contributed by atoms with Crippen molar-refractivity contribution < 1.29 is 0 Å². The van der Waals surface area contributed by atoms with E-state index in [0.29, 0.717) is 0 Å². The van der Waals surface area contributed by atoms with Crippen LogP contribution in [0.2, 0.25) is 0 Å². The summed E-state index contributed by atoms with van der Waals surface area (Å²) in [7, 11) is 0. The lowest BCUT2D eigenvalue weighted by atomic mass is 10.2. The highest BCUT2D eigenvalue weighted by Crippen LogP contribution is 2.05. The fourth-order valence-corrected chi connectivity index (χ4v) is 1.11. The molecule has 0 saturated carbocycles.